The molecule has 0 aliphatic rings. The summed E-state index contributed by atoms with van der Waals surface area (Å²) in [4.78, 5) is 0. The van der Waals surface area contributed by atoms with Gasteiger partial charge in [0.15, 0.2) is 0 Å². The second-order valence-electron chi connectivity index (χ2n) is 1.12. The number of rotatable bonds is 3. The fourth-order valence-corrected chi connectivity index (χ4v) is 15.8. The summed E-state index contributed by atoms with van der Waals surface area (Å²) in [5.74, 6) is 0. The summed E-state index contributed by atoms with van der Waals surface area (Å²) in [6.45, 7) is 3.15. The average molecular weight is 429 g/mol. The van der Waals surface area contributed by atoms with Crippen LogP contribution in [0.25, 0.3) is 0 Å². The van der Waals surface area contributed by atoms with E-state index >= 15 is 0 Å². The predicted octanol–water partition coefficient (Wildman–Crippen LogP) is 4.38. The first-order chi connectivity index (χ1) is 4.09. The predicted molar refractivity (Wildman–Crippen MR) is 66.1 cm³/mol. The molecule has 0 saturated carbocycles. The van der Waals surface area contributed by atoms with Crippen LogP contribution in [0.2, 0.25) is 0 Å². The molecule has 0 N–H and O–H groups in total. The van der Waals surface area contributed by atoms with Gasteiger partial charge in [-0.1, -0.05) is 22.8 Å². The molecule has 0 unspecified atom stereocenters. The van der Waals surface area contributed by atoms with Crippen LogP contribution in [-0.4, -0.2) is 10.3 Å². The topological polar surface area (TPSA) is 3.24 Å². The lowest BCUT2D eigenvalue weighted by molar-refractivity contribution is 0.801. The number of halogens is 4. The van der Waals surface area contributed by atoms with Gasteiger partial charge in [0, 0.05) is 6.54 Å². The number of hydrogen-bond donors (Lipinski definition) is 2. The van der Waals surface area contributed by atoms with Crippen LogP contribution in [-0.2, 0) is 0 Å². The molecule has 0 atom stereocenters. The molecule has 0 aliphatic heterocycles. The van der Waals surface area contributed by atoms with E-state index in [0.717, 1.165) is 6.54 Å². The molecule has 0 aromatic carbocycles. The van der Waals surface area contributed by atoms with Crippen LogP contribution in [0.15, 0.2) is 0 Å². The van der Waals surface area contributed by atoms with Crippen LogP contribution in [0.3, 0.4) is 0 Å². The Kier molecular flexibility index (Phi) is 7.89. The highest BCUT2D eigenvalue weighted by atomic mass is 79.9. The van der Waals surface area contributed by atoms with Gasteiger partial charge in [0.25, 0.3) is 0 Å². The molecule has 0 radical (unpaired) electrons. The van der Waals surface area contributed by atoms with E-state index in [1.54, 1.807) is 0 Å². The van der Waals surface area contributed by atoms with Crippen molar-refractivity contribution >= 4 is 75.1 Å². The molecule has 0 bridgehead atoms. The van der Waals surface area contributed by atoms with Crippen molar-refractivity contribution < 1.29 is 0 Å². The van der Waals surface area contributed by atoms with Gasteiger partial charge in [0.1, 0.15) is 0 Å². The third-order valence-corrected chi connectivity index (χ3v) is 10.5. The molecular formula is C2H7Br4NS2. The second kappa shape index (κ2) is 6.14. The normalized spacial score (nSPS) is 14.0. The van der Waals surface area contributed by atoms with Crippen LogP contribution < -0.4 is 0 Å². The van der Waals surface area contributed by atoms with Gasteiger partial charge in [-0.3, -0.25) is 0 Å². The lowest BCUT2D eigenvalue weighted by atomic mass is 10.8. The van der Waals surface area contributed by atoms with E-state index in [-0.39, 0.29) is 15.9 Å². The summed E-state index contributed by atoms with van der Waals surface area (Å²) in [6, 6.07) is 0. The second-order valence-corrected chi connectivity index (χ2v) is 17.0. The number of thiol groups is 2. The zero-order valence-corrected chi connectivity index (χ0v) is 12.7. The van der Waals surface area contributed by atoms with E-state index in [4.69, 9.17) is 0 Å². The molecule has 60 valence electrons. The summed E-state index contributed by atoms with van der Waals surface area (Å²) in [5.41, 5.74) is 0. The zero-order valence-electron chi connectivity index (χ0n) is 4.56. The van der Waals surface area contributed by atoms with E-state index in [9.17, 15) is 0 Å². The molecule has 0 amide bonds. The van der Waals surface area contributed by atoms with Crippen molar-refractivity contribution in [2.24, 2.45) is 0 Å². The third kappa shape index (κ3) is 4.92. The summed E-state index contributed by atoms with van der Waals surface area (Å²) in [6.07, 6.45) is 0. The van der Waals surface area contributed by atoms with E-state index in [1.165, 1.54) is 0 Å². The standard InChI is InChI=1S/C2H7Br4NS2/c1-2-7(8(3)4)9(5)6/h8-9H,2H2,1H3. The SMILES string of the molecule is CCN([SH](Br)Br)[SH](Br)Br. The molecule has 0 aliphatic carbocycles. The fraction of sp³-hybridized carbons (Fsp3) is 1.00. The van der Waals surface area contributed by atoms with Crippen LogP contribution >= 0.6 is 75.1 Å². The largest absolute Gasteiger partial charge is 0.199 e. The Morgan fingerprint density at radius 2 is 1.44 bits per heavy atom. The van der Waals surface area contributed by atoms with Gasteiger partial charge in [-0.2, -0.15) is 3.71 Å². The highest BCUT2D eigenvalue weighted by molar-refractivity contribution is 9.90. The van der Waals surface area contributed by atoms with Crippen LogP contribution in [0.5, 0.6) is 0 Å². The van der Waals surface area contributed by atoms with Gasteiger partial charge in [-0.15, -0.1) is 0 Å². The highest BCUT2D eigenvalue weighted by Gasteiger charge is 2.09. The third-order valence-electron chi connectivity index (χ3n) is 0.632. The molecular weight excluding hydrogens is 422 g/mol. The summed E-state index contributed by atoms with van der Waals surface area (Å²) in [5, 5.41) is 0. The Morgan fingerprint density at radius 3 is 1.44 bits per heavy atom. The summed E-state index contributed by atoms with van der Waals surface area (Å²) >= 11 is 13.9. The van der Waals surface area contributed by atoms with E-state index in [2.05, 4.69) is 69.9 Å². The first kappa shape index (κ1) is 11.6. The van der Waals surface area contributed by atoms with Gasteiger partial charge < -0.3 is 0 Å². The molecule has 0 heterocycles. The first-order valence-corrected chi connectivity index (χ1v) is 12.8. The van der Waals surface area contributed by atoms with Gasteiger partial charge in [0.05, 0.1) is 0 Å². The van der Waals surface area contributed by atoms with E-state index in [0.29, 0.717) is 0 Å². The van der Waals surface area contributed by atoms with Crippen molar-refractivity contribution in [3.8, 4) is 0 Å². The van der Waals surface area contributed by atoms with Crippen LogP contribution in [0.4, 0.5) is 0 Å². The Labute approximate surface area is 91.1 Å². The maximum atomic E-state index is 3.47. The van der Waals surface area contributed by atoms with Crippen LogP contribution in [0.1, 0.15) is 6.92 Å². The van der Waals surface area contributed by atoms with Crippen LogP contribution in [0, 0.1) is 0 Å². The van der Waals surface area contributed by atoms with Gasteiger partial charge >= 0.3 is 0 Å². The Hall–Kier alpha value is 2.58. The minimum Gasteiger partial charge on any atom is -0.199 e. The smallest absolute Gasteiger partial charge is 0.0169 e. The fourth-order valence-electron chi connectivity index (χ4n) is 0.265. The van der Waals surface area contributed by atoms with Crippen molar-refractivity contribution in [1.82, 2.24) is 3.71 Å². The minimum atomic E-state index is -0.310. The molecule has 0 saturated heterocycles. The zero-order chi connectivity index (χ0) is 7.44. The van der Waals surface area contributed by atoms with Crippen molar-refractivity contribution in [1.29, 1.82) is 0 Å². The van der Waals surface area contributed by atoms with Gasteiger partial charge in [0.2, 0.25) is 0 Å². The van der Waals surface area contributed by atoms with Gasteiger partial charge in [-0.05, 0) is 59.3 Å². The highest BCUT2D eigenvalue weighted by Crippen LogP contribution is 2.60. The molecule has 0 spiro atoms. The number of hydrogen-bond acceptors (Lipinski definition) is 1. The molecule has 0 fully saturated rings. The van der Waals surface area contributed by atoms with Gasteiger partial charge in [-0.25, -0.2) is 0 Å². The molecule has 0 rings (SSSR count). The maximum absolute atomic E-state index is 3.47. The Balaban J connectivity index is 3.68. The quantitative estimate of drug-likeness (QED) is 0.631. The molecule has 9 heavy (non-hydrogen) atoms. The van der Waals surface area contributed by atoms with Crippen molar-refractivity contribution in [2.75, 3.05) is 6.54 Å². The van der Waals surface area contributed by atoms with E-state index < -0.39 is 0 Å². The van der Waals surface area contributed by atoms with Crippen molar-refractivity contribution in [3.05, 3.63) is 0 Å². The Morgan fingerprint density at radius 1 is 1.11 bits per heavy atom. The maximum Gasteiger partial charge on any atom is 0.0169 e. The molecule has 0 aromatic rings. The summed E-state index contributed by atoms with van der Waals surface area (Å²) < 4.78 is 2.25. The first-order valence-electron chi connectivity index (χ1n) is 2.10. The lowest BCUT2D eigenvalue weighted by Gasteiger charge is -2.27. The lowest BCUT2D eigenvalue weighted by Crippen LogP contribution is -2.04. The van der Waals surface area contributed by atoms with Crippen molar-refractivity contribution in [2.45, 2.75) is 6.92 Å². The summed E-state index contributed by atoms with van der Waals surface area (Å²) in [7, 11) is -0.620. The number of nitrogens with zero attached hydrogens (tertiary/aromatic N) is 1. The van der Waals surface area contributed by atoms with E-state index in [1.807, 2.05) is 0 Å². The van der Waals surface area contributed by atoms with Crippen molar-refractivity contribution in [3.63, 3.8) is 0 Å². The minimum absolute atomic E-state index is 0.310. The monoisotopic (exact) mass is 425 g/mol. The molecule has 1 nitrogen and oxygen atoms in total. The molecule has 7 heteroatoms. The Bertz CT molecular complexity index is 71.0. The average Bonchev–Trinajstić information content (AvgIpc) is 1.64. The molecule has 0 aromatic heterocycles.